The zero-order valence-corrected chi connectivity index (χ0v) is 12.5. The third kappa shape index (κ3) is 2.16. The molecule has 1 atom stereocenters. The Bertz CT molecular complexity index is 920. The predicted molar refractivity (Wildman–Crippen MR) is 81.9 cm³/mol. The Morgan fingerprint density at radius 1 is 1.48 bits per heavy atom. The SMILES string of the molecule is C[C@H]1CCc2c1cc(C(=O)Nc1ncccc1F)c1nncn21. The van der Waals surface area contributed by atoms with Crippen LogP contribution in [0.4, 0.5) is 10.2 Å². The van der Waals surface area contributed by atoms with Gasteiger partial charge in [-0.05, 0) is 42.5 Å². The summed E-state index contributed by atoms with van der Waals surface area (Å²) in [4.78, 5) is 16.4. The number of carbonyl (C=O) groups excluding carboxylic acids is 1. The number of nitrogens with zero attached hydrogens (tertiary/aromatic N) is 4. The van der Waals surface area contributed by atoms with Crippen LogP contribution in [0.1, 0.15) is 40.9 Å². The fourth-order valence-electron chi connectivity index (χ4n) is 3.08. The number of fused-ring (bicyclic) bond motifs is 3. The van der Waals surface area contributed by atoms with E-state index in [1.807, 2.05) is 10.5 Å². The van der Waals surface area contributed by atoms with E-state index in [4.69, 9.17) is 0 Å². The van der Waals surface area contributed by atoms with Crippen molar-refractivity contribution in [3.05, 3.63) is 53.4 Å². The summed E-state index contributed by atoms with van der Waals surface area (Å²) in [7, 11) is 0. The van der Waals surface area contributed by atoms with E-state index >= 15 is 0 Å². The van der Waals surface area contributed by atoms with Gasteiger partial charge in [0.25, 0.3) is 5.91 Å². The maximum absolute atomic E-state index is 13.7. The maximum Gasteiger partial charge on any atom is 0.260 e. The lowest BCUT2D eigenvalue weighted by molar-refractivity contribution is 0.102. The number of hydrogen-bond acceptors (Lipinski definition) is 4. The number of halogens is 1. The number of anilines is 1. The Morgan fingerprint density at radius 3 is 3.17 bits per heavy atom. The Kier molecular flexibility index (Phi) is 3.07. The van der Waals surface area contributed by atoms with E-state index in [9.17, 15) is 9.18 Å². The van der Waals surface area contributed by atoms with Gasteiger partial charge in [0.05, 0.1) is 5.56 Å². The van der Waals surface area contributed by atoms with Gasteiger partial charge in [-0.1, -0.05) is 6.92 Å². The Labute approximate surface area is 131 Å². The monoisotopic (exact) mass is 311 g/mol. The molecule has 0 saturated heterocycles. The lowest BCUT2D eigenvalue weighted by Gasteiger charge is -2.11. The number of aromatic nitrogens is 4. The third-order valence-corrected chi connectivity index (χ3v) is 4.29. The first-order chi connectivity index (χ1) is 11.1. The van der Waals surface area contributed by atoms with Gasteiger partial charge in [0.2, 0.25) is 0 Å². The van der Waals surface area contributed by atoms with Crippen LogP contribution in [0.2, 0.25) is 0 Å². The average Bonchev–Trinajstić information content (AvgIpc) is 3.15. The van der Waals surface area contributed by atoms with Crippen molar-refractivity contribution in [2.45, 2.75) is 25.7 Å². The van der Waals surface area contributed by atoms with Crippen molar-refractivity contribution in [2.75, 3.05) is 5.32 Å². The normalized spacial score (nSPS) is 16.5. The molecule has 0 radical (unpaired) electrons. The van der Waals surface area contributed by atoms with E-state index in [1.165, 1.54) is 18.3 Å². The minimum atomic E-state index is -0.576. The van der Waals surface area contributed by atoms with E-state index in [-0.39, 0.29) is 5.82 Å². The summed E-state index contributed by atoms with van der Waals surface area (Å²) in [6.07, 6.45) is 5.00. The Hall–Kier alpha value is -2.83. The summed E-state index contributed by atoms with van der Waals surface area (Å²) >= 11 is 0. The van der Waals surface area contributed by atoms with Crippen LogP contribution in [0.5, 0.6) is 0 Å². The van der Waals surface area contributed by atoms with Gasteiger partial charge >= 0.3 is 0 Å². The molecule has 0 aliphatic heterocycles. The van der Waals surface area contributed by atoms with Crippen LogP contribution in [0, 0.1) is 5.82 Å². The molecule has 0 fully saturated rings. The summed E-state index contributed by atoms with van der Waals surface area (Å²) in [6, 6.07) is 4.56. The Morgan fingerprint density at radius 2 is 2.35 bits per heavy atom. The molecule has 3 heterocycles. The quantitative estimate of drug-likeness (QED) is 0.789. The zero-order chi connectivity index (χ0) is 16.0. The Balaban J connectivity index is 1.80. The molecular weight excluding hydrogens is 297 g/mol. The second kappa shape index (κ2) is 5.12. The van der Waals surface area contributed by atoms with Crippen molar-refractivity contribution < 1.29 is 9.18 Å². The number of aryl methyl sites for hydroxylation is 1. The van der Waals surface area contributed by atoms with Crippen molar-refractivity contribution in [3.63, 3.8) is 0 Å². The van der Waals surface area contributed by atoms with E-state index in [0.717, 1.165) is 24.1 Å². The highest BCUT2D eigenvalue weighted by molar-refractivity contribution is 6.08. The second-order valence-corrected chi connectivity index (χ2v) is 5.71. The fraction of sp³-hybridized carbons (Fsp3) is 0.250. The third-order valence-electron chi connectivity index (χ3n) is 4.29. The molecule has 23 heavy (non-hydrogen) atoms. The van der Waals surface area contributed by atoms with Crippen molar-refractivity contribution in [3.8, 4) is 0 Å². The topological polar surface area (TPSA) is 72.2 Å². The largest absolute Gasteiger partial charge is 0.304 e. The van der Waals surface area contributed by atoms with Gasteiger partial charge in [0.15, 0.2) is 17.3 Å². The zero-order valence-electron chi connectivity index (χ0n) is 12.5. The van der Waals surface area contributed by atoms with Gasteiger partial charge < -0.3 is 5.32 Å². The first-order valence-corrected chi connectivity index (χ1v) is 7.42. The van der Waals surface area contributed by atoms with E-state index < -0.39 is 11.7 Å². The molecule has 0 aromatic carbocycles. The molecule has 0 spiro atoms. The first kappa shape index (κ1) is 13.8. The van der Waals surface area contributed by atoms with Crippen LogP contribution in [0.15, 0.2) is 30.7 Å². The molecular formula is C16H14FN5O. The maximum atomic E-state index is 13.7. The minimum absolute atomic E-state index is 0.0938. The first-order valence-electron chi connectivity index (χ1n) is 7.42. The van der Waals surface area contributed by atoms with Gasteiger partial charge in [0.1, 0.15) is 6.33 Å². The van der Waals surface area contributed by atoms with Gasteiger partial charge in [0, 0.05) is 11.9 Å². The number of nitrogens with one attached hydrogen (secondary N) is 1. The highest BCUT2D eigenvalue weighted by Crippen LogP contribution is 2.34. The highest BCUT2D eigenvalue weighted by atomic mass is 19.1. The molecule has 3 aromatic heterocycles. The van der Waals surface area contributed by atoms with Crippen molar-refractivity contribution in [1.29, 1.82) is 0 Å². The van der Waals surface area contributed by atoms with Crippen LogP contribution in [-0.4, -0.2) is 25.5 Å². The summed E-state index contributed by atoms with van der Waals surface area (Å²) in [5.74, 6) is -0.742. The van der Waals surface area contributed by atoms with Gasteiger partial charge in [-0.3, -0.25) is 9.20 Å². The molecule has 4 rings (SSSR count). The van der Waals surface area contributed by atoms with Crippen LogP contribution < -0.4 is 5.32 Å². The smallest absolute Gasteiger partial charge is 0.260 e. The van der Waals surface area contributed by atoms with Crippen molar-refractivity contribution in [2.24, 2.45) is 0 Å². The summed E-state index contributed by atoms with van der Waals surface area (Å²) in [5.41, 5.74) is 3.11. The number of carbonyl (C=O) groups is 1. The van der Waals surface area contributed by atoms with Gasteiger partial charge in [-0.2, -0.15) is 0 Å². The molecule has 3 aromatic rings. The molecule has 1 N–H and O–H groups in total. The average molecular weight is 311 g/mol. The molecule has 0 saturated carbocycles. The van der Waals surface area contributed by atoms with Gasteiger partial charge in [-0.25, -0.2) is 9.37 Å². The van der Waals surface area contributed by atoms with Crippen LogP contribution >= 0.6 is 0 Å². The molecule has 1 amide bonds. The van der Waals surface area contributed by atoms with Crippen LogP contribution in [0.25, 0.3) is 5.65 Å². The van der Waals surface area contributed by atoms with E-state index in [0.29, 0.717) is 17.1 Å². The number of rotatable bonds is 2. The predicted octanol–water partition coefficient (Wildman–Crippen LogP) is 2.57. The lowest BCUT2D eigenvalue weighted by Crippen LogP contribution is -2.16. The molecule has 116 valence electrons. The number of hydrogen-bond donors (Lipinski definition) is 1. The van der Waals surface area contributed by atoms with Crippen molar-refractivity contribution in [1.82, 2.24) is 19.6 Å². The van der Waals surface area contributed by atoms with Gasteiger partial charge in [-0.15, -0.1) is 10.2 Å². The molecule has 0 unspecified atom stereocenters. The number of amides is 1. The molecule has 7 heteroatoms. The van der Waals surface area contributed by atoms with Crippen LogP contribution in [0.3, 0.4) is 0 Å². The summed E-state index contributed by atoms with van der Waals surface area (Å²) in [5, 5.41) is 10.5. The standard InChI is InChI=1S/C16H14FN5O/c1-9-4-5-13-10(9)7-11(15-21-19-8-22(13)15)16(23)20-14-12(17)3-2-6-18-14/h2-3,6-9H,4-5H2,1H3,(H,18,20,23)/t9-/m0/s1. The number of pyridine rings is 2. The highest BCUT2D eigenvalue weighted by Gasteiger charge is 2.26. The van der Waals surface area contributed by atoms with E-state index in [1.54, 1.807) is 6.33 Å². The molecule has 6 nitrogen and oxygen atoms in total. The molecule has 1 aliphatic rings. The minimum Gasteiger partial charge on any atom is -0.304 e. The second-order valence-electron chi connectivity index (χ2n) is 5.71. The molecule has 0 bridgehead atoms. The molecule has 1 aliphatic carbocycles. The summed E-state index contributed by atoms with van der Waals surface area (Å²) < 4.78 is 15.5. The van der Waals surface area contributed by atoms with Crippen molar-refractivity contribution >= 4 is 17.4 Å². The lowest BCUT2D eigenvalue weighted by atomic mass is 10.0. The fourth-order valence-corrected chi connectivity index (χ4v) is 3.08. The van der Waals surface area contributed by atoms with E-state index in [2.05, 4.69) is 27.4 Å². The van der Waals surface area contributed by atoms with Crippen LogP contribution in [-0.2, 0) is 6.42 Å². The summed E-state index contributed by atoms with van der Waals surface area (Å²) in [6.45, 7) is 2.13.